The van der Waals surface area contributed by atoms with Crippen molar-refractivity contribution in [3.63, 3.8) is 0 Å². The second-order valence-electron chi connectivity index (χ2n) is 11.3. The summed E-state index contributed by atoms with van der Waals surface area (Å²) >= 11 is 0. The van der Waals surface area contributed by atoms with Crippen LogP contribution in [0.4, 0.5) is 11.5 Å². The molecule has 11 heteroatoms. The van der Waals surface area contributed by atoms with Gasteiger partial charge in [-0.1, -0.05) is 12.1 Å². The van der Waals surface area contributed by atoms with Gasteiger partial charge in [-0.2, -0.15) is 5.10 Å². The van der Waals surface area contributed by atoms with Crippen LogP contribution in [0.2, 0.25) is 0 Å². The molecule has 214 valence electrons. The largest absolute Gasteiger partial charge is 0.507 e. The Morgan fingerprint density at radius 2 is 1.73 bits per heavy atom. The Labute approximate surface area is 238 Å². The molecule has 7 rings (SSSR count). The molecule has 0 bridgehead atoms. The minimum absolute atomic E-state index is 0.164. The first-order chi connectivity index (χ1) is 20.1. The van der Waals surface area contributed by atoms with Crippen LogP contribution in [0.1, 0.15) is 44.6 Å². The van der Waals surface area contributed by atoms with Gasteiger partial charge >= 0.3 is 0 Å². The summed E-state index contributed by atoms with van der Waals surface area (Å²) in [6, 6.07) is 13.3. The van der Waals surface area contributed by atoms with Gasteiger partial charge in [-0.25, -0.2) is 4.98 Å². The molecular formula is C30H36N8O3. The number of pyridine rings is 1. The summed E-state index contributed by atoms with van der Waals surface area (Å²) in [7, 11) is 0. The van der Waals surface area contributed by atoms with Crippen LogP contribution in [0, 0.1) is 0 Å². The fourth-order valence-corrected chi connectivity index (χ4v) is 6.18. The molecule has 1 saturated carbocycles. The number of benzene rings is 1. The molecule has 1 aliphatic carbocycles. The molecule has 4 N–H and O–H groups in total. The van der Waals surface area contributed by atoms with E-state index in [4.69, 9.17) is 15.2 Å². The number of nitrogens with two attached hydrogens (primary N) is 1. The average molecular weight is 557 g/mol. The van der Waals surface area contributed by atoms with Crippen LogP contribution in [0.3, 0.4) is 0 Å². The predicted molar refractivity (Wildman–Crippen MR) is 156 cm³/mol. The normalized spacial score (nSPS) is 22.1. The minimum Gasteiger partial charge on any atom is -0.507 e. The highest BCUT2D eigenvalue weighted by molar-refractivity contribution is 5.87. The predicted octanol–water partition coefficient (Wildman–Crippen LogP) is 3.70. The van der Waals surface area contributed by atoms with Crippen LogP contribution in [-0.4, -0.2) is 74.6 Å². The number of rotatable bonds is 7. The van der Waals surface area contributed by atoms with Crippen molar-refractivity contribution in [3.05, 3.63) is 48.7 Å². The Balaban J connectivity index is 0.982. The monoisotopic (exact) mass is 556 g/mol. The van der Waals surface area contributed by atoms with E-state index in [1.54, 1.807) is 12.1 Å². The van der Waals surface area contributed by atoms with Crippen LogP contribution in [-0.2, 0) is 4.74 Å². The van der Waals surface area contributed by atoms with Crippen molar-refractivity contribution >= 4 is 22.5 Å². The van der Waals surface area contributed by atoms with Crippen molar-refractivity contribution in [1.82, 2.24) is 30.3 Å². The summed E-state index contributed by atoms with van der Waals surface area (Å²) in [6.07, 6.45) is 8.55. The van der Waals surface area contributed by atoms with Gasteiger partial charge in [0.15, 0.2) is 11.3 Å². The molecule has 0 amide bonds. The number of para-hydroxylation sites is 1. The highest BCUT2D eigenvalue weighted by Crippen LogP contribution is 2.35. The molecule has 11 nitrogen and oxygen atoms in total. The first-order valence-electron chi connectivity index (χ1n) is 14.6. The minimum atomic E-state index is 0.164. The molecule has 0 radical (unpaired) electrons. The van der Waals surface area contributed by atoms with E-state index >= 15 is 0 Å². The van der Waals surface area contributed by atoms with E-state index in [2.05, 4.69) is 36.6 Å². The van der Waals surface area contributed by atoms with E-state index < -0.39 is 0 Å². The van der Waals surface area contributed by atoms with Gasteiger partial charge in [0, 0.05) is 49.4 Å². The number of fused-ring (bicyclic) bond motifs is 1. The standard InChI is InChI=1S/C30H36N8O3/c31-30-29-26(18-25(34-35-29)24-3-1-2-4-27(24)39)38(36-30)19-8-13-37(14-9-19)20-5-12-33-28(15-20)41-23-16-22(17-23)40-21-6-10-32-11-7-21/h1-5,12,15,18-19,21-23,32,39H,6-11,13-14,16-17H2,(H2,31,36)/t22-,23-. The highest BCUT2D eigenvalue weighted by atomic mass is 16.5. The third-order valence-electron chi connectivity index (χ3n) is 8.56. The van der Waals surface area contributed by atoms with Crippen LogP contribution >= 0.6 is 0 Å². The van der Waals surface area contributed by atoms with E-state index in [0.29, 0.717) is 40.7 Å². The number of aromatic hydroxyl groups is 1. The number of piperidine rings is 2. The lowest BCUT2D eigenvalue weighted by molar-refractivity contribution is -0.103. The van der Waals surface area contributed by atoms with Crippen molar-refractivity contribution in [2.24, 2.45) is 0 Å². The van der Waals surface area contributed by atoms with Gasteiger partial charge in [0.25, 0.3) is 0 Å². The third kappa shape index (κ3) is 5.39. The first kappa shape index (κ1) is 26.0. The third-order valence-corrected chi connectivity index (χ3v) is 8.56. The number of hydrogen-bond donors (Lipinski definition) is 3. The Hall–Kier alpha value is -3.96. The maximum atomic E-state index is 10.3. The number of phenols is 1. The van der Waals surface area contributed by atoms with Crippen molar-refractivity contribution < 1.29 is 14.6 Å². The number of anilines is 2. The Morgan fingerprint density at radius 1 is 0.927 bits per heavy atom. The number of nitrogens with zero attached hydrogens (tertiary/aromatic N) is 6. The summed E-state index contributed by atoms with van der Waals surface area (Å²) in [5, 5.41) is 27.0. The van der Waals surface area contributed by atoms with E-state index in [1.807, 2.05) is 35.1 Å². The quantitative estimate of drug-likeness (QED) is 0.309. The van der Waals surface area contributed by atoms with Crippen molar-refractivity contribution in [2.75, 3.05) is 36.8 Å². The lowest BCUT2D eigenvalue weighted by Gasteiger charge is -2.38. The Bertz CT molecular complexity index is 1510. The molecule has 3 aromatic heterocycles. The smallest absolute Gasteiger partial charge is 0.215 e. The van der Waals surface area contributed by atoms with E-state index in [9.17, 15) is 5.11 Å². The number of phenolic OH excluding ortho intramolecular Hbond substituents is 1. The lowest BCUT2D eigenvalue weighted by atomic mass is 9.91. The van der Waals surface area contributed by atoms with Crippen LogP contribution in [0.15, 0.2) is 48.7 Å². The average Bonchev–Trinajstić information content (AvgIpc) is 3.32. The second kappa shape index (κ2) is 11.1. The van der Waals surface area contributed by atoms with Gasteiger partial charge in [0.05, 0.1) is 29.5 Å². The molecule has 0 unspecified atom stereocenters. The lowest BCUT2D eigenvalue weighted by Crippen LogP contribution is -2.43. The van der Waals surface area contributed by atoms with Crippen molar-refractivity contribution in [1.29, 1.82) is 0 Å². The van der Waals surface area contributed by atoms with E-state index in [-0.39, 0.29) is 17.9 Å². The molecule has 2 saturated heterocycles. The summed E-state index contributed by atoms with van der Waals surface area (Å²) in [5.41, 5.74) is 9.98. The molecule has 1 aromatic carbocycles. The topological polar surface area (TPSA) is 136 Å². The highest BCUT2D eigenvalue weighted by Gasteiger charge is 2.34. The van der Waals surface area contributed by atoms with Crippen molar-refractivity contribution in [3.8, 4) is 22.9 Å². The molecule has 41 heavy (non-hydrogen) atoms. The maximum absolute atomic E-state index is 10.3. The van der Waals surface area contributed by atoms with Crippen LogP contribution in [0.5, 0.6) is 11.6 Å². The molecular weight excluding hydrogens is 520 g/mol. The van der Waals surface area contributed by atoms with E-state index in [0.717, 1.165) is 75.9 Å². The molecule has 3 aliphatic rings. The van der Waals surface area contributed by atoms with Crippen molar-refractivity contribution in [2.45, 2.75) is 62.9 Å². The molecule has 0 spiro atoms. The molecule has 3 fully saturated rings. The Kier molecular flexibility index (Phi) is 7.05. The number of aromatic nitrogens is 5. The molecule has 5 heterocycles. The fraction of sp³-hybridized carbons (Fsp3) is 0.467. The Morgan fingerprint density at radius 3 is 2.54 bits per heavy atom. The summed E-state index contributed by atoms with van der Waals surface area (Å²) in [6.45, 7) is 3.84. The summed E-state index contributed by atoms with van der Waals surface area (Å²) in [4.78, 5) is 6.85. The summed E-state index contributed by atoms with van der Waals surface area (Å²) in [5.74, 6) is 1.21. The van der Waals surface area contributed by atoms with Gasteiger partial charge in [-0.05, 0) is 63.0 Å². The van der Waals surface area contributed by atoms with Crippen LogP contribution < -0.4 is 20.7 Å². The zero-order valence-electron chi connectivity index (χ0n) is 23.0. The van der Waals surface area contributed by atoms with Gasteiger partial charge in [0.1, 0.15) is 11.9 Å². The number of nitrogen functional groups attached to an aromatic ring is 1. The molecule has 4 aromatic rings. The summed E-state index contributed by atoms with van der Waals surface area (Å²) < 4.78 is 14.4. The second-order valence-corrected chi connectivity index (χ2v) is 11.3. The number of ether oxygens (including phenoxy) is 2. The van der Waals surface area contributed by atoms with E-state index in [1.165, 1.54) is 0 Å². The fourth-order valence-electron chi connectivity index (χ4n) is 6.18. The van der Waals surface area contributed by atoms with Gasteiger partial charge in [0.2, 0.25) is 5.88 Å². The number of hydrogen-bond acceptors (Lipinski definition) is 10. The maximum Gasteiger partial charge on any atom is 0.215 e. The van der Waals surface area contributed by atoms with Gasteiger partial charge in [-0.3, -0.25) is 4.68 Å². The first-order valence-corrected chi connectivity index (χ1v) is 14.6. The van der Waals surface area contributed by atoms with Crippen LogP contribution in [0.25, 0.3) is 22.3 Å². The van der Waals surface area contributed by atoms with Gasteiger partial charge < -0.3 is 30.5 Å². The van der Waals surface area contributed by atoms with Gasteiger partial charge in [-0.15, -0.1) is 10.2 Å². The molecule has 2 aliphatic heterocycles. The zero-order chi connectivity index (χ0) is 27.8. The zero-order valence-corrected chi connectivity index (χ0v) is 23.0. The SMILES string of the molecule is Nc1nn(C2CCN(c3ccnc(O[C@H]4C[C@H](OC5CCNCC5)C4)c3)CC2)c2cc(-c3ccccc3O)nnc12. The molecule has 0 atom stereocenters. The number of nitrogens with one attached hydrogen (secondary N) is 1.